The molecule has 0 bridgehead atoms. The predicted octanol–water partition coefficient (Wildman–Crippen LogP) is 0.623. The Labute approximate surface area is 76.8 Å². The predicted molar refractivity (Wildman–Crippen MR) is 46.3 cm³/mol. The van der Waals surface area contributed by atoms with Crippen LogP contribution >= 0.6 is 0 Å². The van der Waals surface area contributed by atoms with Gasteiger partial charge < -0.3 is 0 Å². The monoisotopic (exact) mass is 199 g/mol. The third-order valence-electron chi connectivity index (χ3n) is 1.64. The van der Waals surface area contributed by atoms with Crippen LogP contribution in [-0.4, -0.2) is 26.6 Å². The molecule has 0 amide bonds. The maximum Gasteiger partial charge on any atom is 0.313 e. The van der Waals surface area contributed by atoms with E-state index in [1.54, 1.807) is 18.2 Å². The average Bonchev–Trinajstić information content (AvgIpc) is 2.89. The molecule has 1 fully saturated rings. The van der Waals surface area contributed by atoms with Crippen LogP contribution in [0.2, 0.25) is 0 Å². The van der Waals surface area contributed by atoms with Gasteiger partial charge >= 0.3 is 10.1 Å². The summed E-state index contributed by atoms with van der Waals surface area (Å²) in [4.78, 5) is 0.196. The summed E-state index contributed by atoms with van der Waals surface area (Å²) in [5.74, 6) is 0. The third-order valence-corrected chi connectivity index (χ3v) is 2.90. The lowest BCUT2D eigenvalue weighted by molar-refractivity contribution is 0.0788. The molecule has 0 N–H and O–H groups in total. The van der Waals surface area contributed by atoms with Crippen molar-refractivity contribution in [3.8, 4) is 0 Å². The zero-order chi connectivity index (χ0) is 9.31. The SMILES string of the molecule is O=S(=O)(ON1CC1)c1ccccc1. The Morgan fingerprint density at radius 1 is 1.15 bits per heavy atom. The summed E-state index contributed by atoms with van der Waals surface area (Å²) in [5.41, 5.74) is 0. The fourth-order valence-corrected chi connectivity index (χ4v) is 1.89. The Morgan fingerprint density at radius 3 is 2.31 bits per heavy atom. The van der Waals surface area contributed by atoms with Crippen molar-refractivity contribution in [1.29, 1.82) is 0 Å². The topological polar surface area (TPSA) is 46.4 Å². The highest BCUT2D eigenvalue weighted by molar-refractivity contribution is 7.86. The van der Waals surface area contributed by atoms with Crippen molar-refractivity contribution < 1.29 is 12.7 Å². The Bertz CT molecular complexity index is 383. The molecule has 1 aromatic rings. The van der Waals surface area contributed by atoms with Gasteiger partial charge in [0.15, 0.2) is 0 Å². The molecule has 4 nitrogen and oxygen atoms in total. The molecule has 1 aromatic carbocycles. The van der Waals surface area contributed by atoms with E-state index in [1.807, 2.05) is 0 Å². The second kappa shape index (κ2) is 3.10. The van der Waals surface area contributed by atoms with Crippen molar-refractivity contribution in [2.24, 2.45) is 0 Å². The first-order valence-electron chi connectivity index (χ1n) is 3.93. The van der Waals surface area contributed by atoms with Crippen LogP contribution in [0.15, 0.2) is 35.2 Å². The summed E-state index contributed by atoms with van der Waals surface area (Å²) in [6, 6.07) is 8.12. The Morgan fingerprint density at radius 2 is 1.77 bits per heavy atom. The maximum absolute atomic E-state index is 11.4. The molecule has 70 valence electrons. The number of benzene rings is 1. The molecule has 1 heterocycles. The Balaban J connectivity index is 2.23. The van der Waals surface area contributed by atoms with E-state index in [9.17, 15) is 8.42 Å². The molecule has 0 radical (unpaired) electrons. The Hall–Kier alpha value is -0.910. The molecule has 0 atom stereocenters. The normalized spacial score (nSPS) is 17.2. The smallest absolute Gasteiger partial charge is 0.192 e. The molecular formula is C8H9NO3S. The summed E-state index contributed by atoms with van der Waals surface area (Å²) < 4.78 is 27.6. The number of rotatable bonds is 3. The van der Waals surface area contributed by atoms with Gasteiger partial charge in [0, 0.05) is 13.1 Å². The third kappa shape index (κ3) is 2.06. The molecule has 5 heteroatoms. The van der Waals surface area contributed by atoms with Crippen LogP contribution in [0.25, 0.3) is 0 Å². The highest BCUT2D eigenvalue weighted by Crippen LogP contribution is 2.16. The molecule has 0 aliphatic carbocycles. The standard InChI is InChI=1S/C8H9NO3S/c10-13(11,12-9-6-7-9)8-4-2-1-3-5-8/h1-5H,6-7H2. The molecule has 13 heavy (non-hydrogen) atoms. The van der Waals surface area contributed by atoms with Gasteiger partial charge in [-0.05, 0) is 12.1 Å². The number of hydroxylamine groups is 2. The molecular weight excluding hydrogens is 190 g/mol. The Kier molecular flexibility index (Phi) is 2.07. The van der Waals surface area contributed by atoms with Gasteiger partial charge in [0.2, 0.25) is 0 Å². The average molecular weight is 199 g/mol. The quantitative estimate of drug-likeness (QED) is 0.669. The van der Waals surface area contributed by atoms with E-state index in [4.69, 9.17) is 4.28 Å². The number of hydrogen-bond donors (Lipinski definition) is 0. The zero-order valence-corrected chi connectivity index (χ0v) is 7.70. The van der Waals surface area contributed by atoms with Gasteiger partial charge in [-0.3, -0.25) is 0 Å². The van der Waals surface area contributed by atoms with Crippen molar-refractivity contribution in [2.45, 2.75) is 4.90 Å². The first-order valence-corrected chi connectivity index (χ1v) is 5.34. The summed E-state index contributed by atoms with van der Waals surface area (Å²) in [5, 5.41) is 1.39. The van der Waals surface area contributed by atoms with Crippen molar-refractivity contribution in [3.63, 3.8) is 0 Å². The molecule has 1 aliphatic heterocycles. The van der Waals surface area contributed by atoms with Gasteiger partial charge in [0.25, 0.3) is 0 Å². The van der Waals surface area contributed by atoms with E-state index >= 15 is 0 Å². The van der Waals surface area contributed by atoms with Gasteiger partial charge in [-0.1, -0.05) is 18.2 Å². The fraction of sp³-hybridized carbons (Fsp3) is 0.250. The van der Waals surface area contributed by atoms with E-state index in [1.165, 1.54) is 17.2 Å². The second-order valence-corrected chi connectivity index (χ2v) is 4.30. The van der Waals surface area contributed by atoms with E-state index in [0.717, 1.165) is 0 Å². The summed E-state index contributed by atoms with van der Waals surface area (Å²) in [6.07, 6.45) is 0. The van der Waals surface area contributed by atoms with Gasteiger partial charge in [0.05, 0.1) is 4.90 Å². The molecule has 1 aliphatic rings. The minimum atomic E-state index is -3.57. The van der Waals surface area contributed by atoms with Crippen molar-refractivity contribution in [2.75, 3.05) is 13.1 Å². The van der Waals surface area contributed by atoms with Gasteiger partial charge in [-0.2, -0.15) is 17.8 Å². The minimum Gasteiger partial charge on any atom is -0.192 e. The van der Waals surface area contributed by atoms with Crippen molar-refractivity contribution >= 4 is 10.1 Å². The van der Waals surface area contributed by atoms with Gasteiger partial charge in [-0.25, -0.2) is 0 Å². The number of hydrogen-bond acceptors (Lipinski definition) is 4. The molecule has 0 spiro atoms. The van der Waals surface area contributed by atoms with Crippen molar-refractivity contribution in [3.05, 3.63) is 30.3 Å². The molecule has 0 unspecified atom stereocenters. The van der Waals surface area contributed by atoms with E-state index in [-0.39, 0.29) is 4.90 Å². The van der Waals surface area contributed by atoms with E-state index < -0.39 is 10.1 Å². The lowest BCUT2D eigenvalue weighted by Gasteiger charge is -2.03. The van der Waals surface area contributed by atoms with E-state index in [2.05, 4.69) is 0 Å². The first kappa shape index (κ1) is 8.68. The van der Waals surface area contributed by atoms with Crippen molar-refractivity contribution in [1.82, 2.24) is 5.06 Å². The van der Waals surface area contributed by atoms with E-state index in [0.29, 0.717) is 13.1 Å². The molecule has 0 aromatic heterocycles. The highest BCUT2D eigenvalue weighted by atomic mass is 32.2. The van der Waals surface area contributed by atoms with Crippen LogP contribution in [0.3, 0.4) is 0 Å². The minimum absolute atomic E-state index is 0.196. The highest BCUT2D eigenvalue weighted by Gasteiger charge is 2.27. The molecule has 0 saturated carbocycles. The van der Waals surface area contributed by atoms with Crippen LogP contribution in [0.5, 0.6) is 0 Å². The largest absolute Gasteiger partial charge is 0.313 e. The fourth-order valence-electron chi connectivity index (χ4n) is 0.884. The molecule has 2 rings (SSSR count). The lowest BCUT2D eigenvalue weighted by atomic mass is 10.4. The van der Waals surface area contributed by atoms with Crippen LogP contribution in [0.1, 0.15) is 0 Å². The lowest BCUT2D eigenvalue weighted by Crippen LogP contribution is -2.10. The zero-order valence-electron chi connectivity index (χ0n) is 6.88. The number of nitrogens with zero attached hydrogens (tertiary/aromatic N) is 1. The van der Waals surface area contributed by atoms with Crippen LogP contribution in [0.4, 0.5) is 0 Å². The van der Waals surface area contributed by atoms with Crippen LogP contribution < -0.4 is 0 Å². The van der Waals surface area contributed by atoms with Crippen LogP contribution in [0, 0.1) is 0 Å². The summed E-state index contributed by atoms with van der Waals surface area (Å²) in [6.45, 7) is 1.37. The van der Waals surface area contributed by atoms with Gasteiger partial charge in [0.1, 0.15) is 0 Å². The first-order chi connectivity index (χ1) is 6.18. The second-order valence-electron chi connectivity index (χ2n) is 2.77. The summed E-state index contributed by atoms with van der Waals surface area (Å²) >= 11 is 0. The van der Waals surface area contributed by atoms with Gasteiger partial charge in [-0.15, -0.1) is 0 Å². The summed E-state index contributed by atoms with van der Waals surface area (Å²) in [7, 11) is -3.57. The molecule has 1 saturated heterocycles. The van der Waals surface area contributed by atoms with Crippen LogP contribution in [-0.2, 0) is 14.4 Å². The maximum atomic E-state index is 11.4.